The summed E-state index contributed by atoms with van der Waals surface area (Å²) in [6.45, 7) is 7.71. The Bertz CT molecular complexity index is 307. The smallest absolute Gasteiger partial charge is 0.394 e. The standard InChI is InChI=1S/2C6H9NO3.2C3H8O.Ti/c2*8-4-1-7(2-5-9)3-6-10;2*1-3(2)4;/h2*4-6H,1-3H2;2*3-4H,1-2H3;/q;;;;+2. The monoisotopic (exact) mass is 454 g/mol. The van der Waals surface area contributed by atoms with Crippen molar-refractivity contribution in [3.63, 3.8) is 0 Å². The van der Waals surface area contributed by atoms with Crippen molar-refractivity contribution in [3.8, 4) is 0 Å². The second-order valence-electron chi connectivity index (χ2n) is 5.62. The van der Waals surface area contributed by atoms with Crippen LogP contribution in [0.15, 0.2) is 0 Å². The molecule has 166 valence electrons. The van der Waals surface area contributed by atoms with E-state index in [9.17, 15) is 28.8 Å². The predicted octanol–water partition coefficient (Wildman–Crippen LogP) is -1.46. The van der Waals surface area contributed by atoms with Crippen LogP contribution in [0.1, 0.15) is 27.7 Å². The first-order valence-corrected chi connectivity index (χ1v) is 8.59. The van der Waals surface area contributed by atoms with Gasteiger partial charge in [-0.05, 0) is 27.7 Å². The van der Waals surface area contributed by atoms with E-state index in [-0.39, 0.29) is 73.2 Å². The van der Waals surface area contributed by atoms with Gasteiger partial charge in [0, 0.05) is 12.2 Å². The summed E-state index contributed by atoms with van der Waals surface area (Å²) in [6.07, 6.45) is 3.63. The van der Waals surface area contributed by atoms with Crippen molar-refractivity contribution < 1.29 is 60.7 Å². The third-order valence-corrected chi connectivity index (χ3v) is 2.00. The van der Waals surface area contributed by atoms with Gasteiger partial charge in [-0.1, -0.05) is 0 Å². The molecule has 0 atom stereocenters. The Morgan fingerprint density at radius 1 is 0.517 bits per heavy atom. The van der Waals surface area contributed by atoms with Crippen LogP contribution in [0.5, 0.6) is 0 Å². The average Bonchev–Trinajstić information content (AvgIpc) is 2.56. The van der Waals surface area contributed by atoms with Crippen LogP contribution in [0.25, 0.3) is 0 Å². The van der Waals surface area contributed by atoms with Gasteiger partial charge in [0.1, 0.15) is 37.7 Å². The summed E-state index contributed by atoms with van der Waals surface area (Å²) >= 11 is 0. The number of carbonyl (C=O) groups excluding carboxylic acids is 6. The van der Waals surface area contributed by atoms with Gasteiger partial charge in [-0.15, -0.1) is 0 Å². The summed E-state index contributed by atoms with van der Waals surface area (Å²) in [5.41, 5.74) is 0. The molecule has 0 spiro atoms. The molecule has 0 aromatic heterocycles. The predicted molar refractivity (Wildman–Crippen MR) is 104 cm³/mol. The van der Waals surface area contributed by atoms with E-state index in [2.05, 4.69) is 0 Å². The van der Waals surface area contributed by atoms with E-state index in [1.165, 1.54) is 9.80 Å². The minimum atomic E-state index is -0.167. The quantitative estimate of drug-likeness (QED) is 0.265. The molecular weight excluding hydrogens is 420 g/mol. The molecule has 29 heavy (non-hydrogen) atoms. The zero-order valence-electron chi connectivity index (χ0n) is 17.6. The summed E-state index contributed by atoms with van der Waals surface area (Å²) in [6, 6.07) is 0. The number of rotatable bonds is 12. The van der Waals surface area contributed by atoms with E-state index in [4.69, 9.17) is 10.2 Å². The number of aliphatic hydroxyl groups excluding tert-OH is 2. The number of carbonyl (C=O) groups is 6. The van der Waals surface area contributed by atoms with E-state index in [0.29, 0.717) is 37.7 Å². The van der Waals surface area contributed by atoms with Crippen molar-refractivity contribution in [2.45, 2.75) is 39.9 Å². The van der Waals surface area contributed by atoms with Crippen molar-refractivity contribution in [2.75, 3.05) is 39.3 Å². The first-order chi connectivity index (χ1) is 13.2. The SMILES string of the molecule is CC(C)O.CC(C)O.O=CCN(CC=O)CC=O.O=CCN(CC=O)CC=O.[Ti+2]. The molecule has 2 N–H and O–H groups in total. The minimum Gasteiger partial charge on any atom is -0.394 e. The van der Waals surface area contributed by atoms with Gasteiger partial charge in [0.15, 0.2) is 0 Å². The molecule has 0 aromatic carbocycles. The topological polar surface area (TPSA) is 149 Å². The Hall–Kier alpha value is -1.43. The van der Waals surface area contributed by atoms with Gasteiger partial charge in [-0.3, -0.25) is 9.80 Å². The van der Waals surface area contributed by atoms with Crippen LogP contribution in [0.2, 0.25) is 0 Å². The zero-order chi connectivity index (χ0) is 22.8. The fourth-order valence-corrected chi connectivity index (χ4v) is 1.08. The van der Waals surface area contributed by atoms with E-state index < -0.39 is 0 Å². The largest absolute Gasteiger partial charge is 2.00 e. The van der Waals surface area contributed by atoms with Gasteiger partial charge in [0.05, 0.1) is 39.3 Å². The molecule has 0 unspecified atom stereocenters. The van der Waals surface area contributed by atoms with Crippen LogP contribution in [0.3, 0.4) is 0 Å². The fraction of sp³-hybridized carbons (Fsp3) is 0.667. The van der Waals surface area contributed by atoms with E-state index in [1.807, 2.05) is 0 Å². The number of aldehydes is 6. The van der Waals surface area contributed by atoms with Gasteiger partial charge >= 0.3 is 21.7 Å². The summed E-state index contributed by atoms with van der Waals surface area (Å²) in [4.78, 5) is 62.2. The molecule has 0 amide bonds. The maximum absolute atomic E-state index is 9.89. The van der Waals surface area contributed by atoms with Gasteiger partial charge in [0.2, 0.25) is 0 Å². The molecule has 0 fully saturated rings. The van der Waals surface area contributed by atoms with Crippen LogP contribution in [0.4, 0.5) is 0 Å². The summed E-state index contributed by atoms with van der Waals surface area (Å²) in [7, 11) is 0. The summed E-state index contributed by atoms with van der Waals surface area (Å²) < 4.78 is 0. The van der Waals surface area contributed by atoms with E-state index in [1.54, 1.807) is 27.7 Å². The molecule has 0 radical (unpaired) electrons. The number of aliphatic hydroxyl groups is 2. The maximum atomic E-state index is 9.89. The number of hydrogen-bond acceptors (Lipinski definition) is 10. The average molecular weight is 454 g/mol. The molecule has 0 heterocycles. The van der Waals surface area contributed by atoms with Crippen LogP contribution in [0, 0.1) is 0 Å². The first-order valence-electron chi connectivity index (χ1n) is 8.59. The Morgan fingerprint density at radius 2 is 0.621 bits per heavy atom. The molecule has 10 nitrogen and oxygen atoms in total. The number of hydrogen-bond donors (Lipinski definition) is 2. The Morgan fingerprint density at radius 3 is 0.690 bits per heavy atom. The first kappa shape index (κ1) is 38.2. The molecule has 0 aliphatic heterocycles. The molecule has 0 aromatic rings. The Labute approximate surface area is 187 Å². The van der Waals surface area contributed by atoms with Crippen LogP contribution in [-0.2, 0) is 50.5 Å². The molecule has 0 saturated carbocycles. The molecule has 0 bridgehead atoms. The molecule has 0 aliphatic rings. The molecule has 0 saturated heterocycles. The fourth-order valence-electron chi connectivity index (χ4n) is 1.08. The second kappa shape index (κ2) is 34.1. The van der Waals surface area contributed by atoms with Gasteiger partial charge in [0.25, 0.3) is 0 Å². The van der Waals surface area contributed by atoms with Gasteiger partial charge in [-0.2, -0.15) is 0 Å². The minimum absolute atomic E-state index is 0. The third kappa shape index (κ3) is 58.4. The van der Waals surface area contributed by atoms with Crippen molar-refractivity contribution >= 4 is 37.7 Å². The molecule has 0 rings (SSSR count). The van der Waals surface area contributed by atoms with Crippen LogP contribution in [-0.4, -0.2) is 109 Å². The molecule has 0 aliphatic carbocycles. The van der Waals surface area contributed by atoms with E-state index in [0.717, 1.165) is 0 Å². The normalized spacial score (nSPS) is 8.90. The molecular formula is C18H34N2O8Ti+2. The van der Waals surface area contributed by atoms with Crippen molar-refractivity contribution in [3.05, 3.63) is 0 Å². The van der Waals surface area contributed by atoms with E-state index >= 15 is 0 Å². The van der Waals surface area contributed by atoms with Crippen LogP contribution >= 0.6 is 0 Å². The van der Waals surface area contributed by atoms with Crippen molar-refractivity contribution in [1.29, 1.82) is 0 Å². The summed E-state index contributed by atoms with van der Waals surface area (Å²) in [5.74, 6) is 0. The third-order valence-electron chi connectivity index (χ3n) is 2.00. The second-order valence-corrected chi connectivity index (χ2v) is 5.62. The summed E-state index contributed by atoms with van der Waals surface area (Å²) in [5, 5.41) is 16.1. The van der Waals surface area contributed by atoms with Gasteiger partial charge in [-0.25, -0.2) is 0 Å². The van der Waals surface area contributed by atoms with Gasteiger partial charge < -0.3 is 39.0 Å². The number of nitrogens with zero attached hydrogens (tertiary/aromatic N) is 2. The Kier molecular flexibility index (Phi) is 44.9. The Balaban J connectivity index is -0.0000000950. The van der Waals surface area contributed by atoms with Crippen LogP contribution < -0.4 is 0 Å². The van der Waals surface area contributed by atoms with Crippen molar-refractivity contribution in [1.82, 2.24) is 9.80 Å². The zero-order valence-corrected chi connectivity index (χ0v) is 19.2. The molecule has 11 heteroatoms. The van der Waals surface area contributed by atoms with Crippen molar-refractivity contribution in [2.24, 2.45) is 0 Å². The maximum Gasteiger partial charge on any atom is 2.00 e.